The standard InChI is InChI=1S/C18H32N4O/c1-14(2)15(3)21-18(19-4)20-13-16-9-7-8-10-17(16)23-12-11-22(5)6/h7-10,14-15H,11-13H2,1-6H3,(H2,19,20,21). The Hall–Kier alpha value is -1.75. The number of para-hydroxylation sites is 1. The Morgan fingerprint density at radius 2 is 1.91 bits per heavy atom. The first-order valence-corrected chi connectivity index (χ1v) is 8.26. The van der Waals surface area contributed by atoms with Crippen LogP contribution in [0.15, 0.2) is 29.3 Å². The van der Waals surface area contributed by atoms with E-state index in [4.69, 9.17) is 4.74 Å². The number of hydrogen-bond acceptors (Lipinski definition) is 3. The van der Waals surface area contributed by atoms with Gasteiger partial charge in [0.2, 0.25) is 0 Å². The molecule has 0 aromatic heterocycles. The summed E-state index contributed by atoms with van der Waals surface area (Å²) in [4.78, 5) is 6.40. The highest BCUT2D eigenvalue weighted by molar-refractivity contribution is 5.80. The van der Waals surface area contributed by atoms with Crippen molar-refractivity contribution in [1.82, 2.24) is 15.5 Å². The largest absolute Gasteiger partial charge is 0.492 e. The zero-order chi connectivity index (χ0) is 17.2. The maximum atomic E-state index is 5.89. The third kappa shape index (κ3) is 7.37. The quantitative estimate of drug-likeness (QED) is 0.570. The zero-order valence-electron chi connectivity index (χ0n) is 15.4. The molecule has 0 aliphatic carbocycles. The zero-order valence-corrected chi connectivity index (χ0v) is 15.4. The third-order valence-corrected chi connectivity index (χ3v) is 3.80. The van der Waals surface area contributed by atoms with E-state index in [0.717, 1.165) is 23.8 Å². The van der Waals surface area contributed by atoms with E-state index < -0.39 is 0 Å². The van der Waals surface area contributed by atoms with Crippen molar-refractivity contribution in [2.75, 3.05) is 34.3 Å². The Morgan fingerprint density at radius 3 is 2.52 bits per heavy atom. The van der Waals surface area contributed by atoms with Gasteiger partial charge in [0.05, 0.1) is 0 Å². The van der Waals surface area contributed by atoms with Crippen molar-refractivity contribution in [3.63, 3.8) is 0 Å². The van der Waals surface area contributed by atoms with E-state index in [1.54, 1.807) is 7.05 Å². The van der Waals surface area contributed by atoms with Gasteiger partial charge in [-0.2, -0.15) is 0 Å². The van der Waals surface area contributed by atoms with Crippen LogP contribution in [0.1, 0.15) is 26.3 Å². The summed E-state index contributed by atoms with van der Waals surface area (Å²) in [5, 5.41) is 6.76. The molecule has 1 atom stereocenters. The lowest BCUT2D eigenvalue weighted by molar-refractivity contribution is 0.259. The molecule has 1 rings (SSSR count). The van der Waals surface area contributed by atoms with E-state index in [2.05, 4.69) is 47.4 Å². The van der Waals surface area contributed by atoms with E-state index >= 15 is 0 Å². The molecule has 1 aromatic carbocycles. The second-order valence-corrected chi connectivity index (χ2v) is 6.36. The normalized spacial score (nSPS) is 13.3. The maximum absolute atomic E-state index is 5.89. The smallest absolute Gasteiger partial charge is 0.191 e. The van der Waals surface area contributed by atoms with Crippen LogP contribution in [0.4, 0.5) is 0 Å². The molecule has 0 aliphatic rings. The van der Waals surface area contributed by atoms with Gasteiger partial charge in [-0.05, 0) is 33.0 Å². The highest BCUT2D eigenvalue weighted by atomic mass is 16.5. The van der Waals surface area contributed by atoms with Crippen molar-refractivity contribution in [3.05, 3.63) is 29.8 Å². The summed E-state index contributed by atoms with van der Waals surface area (Å²) in [6, 6.07) is 8.50. The topological polar surface area (TPSA) is 48.9 Å². The Labute approximate surface area is 141 Å². The molecule has 0 saturated heterocycles. The van der Waals surface area contributed by atoms with E-state index in [1.807, 2.05) is 32.3 Å². The minimum absolute atomic E-state index is 0.368. The molecule has 2 N–H and O–H groups in total. The molecule has 0 radical (unpaired) electrons. The summed E-state index contributed by atoms with van der Waals surface area (Å²) < 4.78 is 5.89. The molecule has 0 spiro atoms. The fourth-order valence-electron chi connectivity index (χ4n) is 1.88. The van der Waals surface area contributed by atoms with Crippen LogP contribution in [0.25, 0.3) is 0 Å². The summed E-state index contributed by atoms with van der Waals surface area (Å²) in [5.74, 6) is 2.29. The second kappa shape index (κ2) is 10.1. The summed E-state index contributed by atoms with van der Waals surface area (Å²) in [5.41, 5.74) is 1.13. The summed E-state index contributed by atoms with van der Waals surface area (Å²) in [6.45, 7) is 8.81. The number of ether oxygens (including phenoxy) is 1. The monoisotopic (exact) mass is 320 g/mol. The van der Waals surface area contributed by atoms with Gasteiger partial charge in [0, 0.05) is 31.7 Å². The highest BCUT2D eigenvalue weighted by Crippen LogP contribution is 2.17. The predicted molar refractivity (Wildman–Crippen MR) is 98.1 cm³/mol. The van der Waals surface area contributed by atoms with Gasteiger partial charge >= 0.3 is 0 Å². The first-order valence-electron chi connectivity index (χ1n) is 8.26. The molecule has 130 valence electrons. The van der Waals surface area contributed by atoms with Crippen molar-refractivity contribution < 1.29 is 4.74 Å². The van der Waals surface area contributed by atoms with Crippen molar-refractivity contribution in [2.24, 2.45) is 10.9 Å². The summed E-state index contributed by atoms with van der Waals surface area (Å²) in [7, 11) is 5.88. The van der Waals surface area contributed by atoms with Crippen LogP contribution in [0.3, 0.4) is 0 Å². The van der Waals surface area contributed by atoms with Crippen molar-refractivity contribution >= 4 is 5.96 Å². The number of nitrogens with zero attached hydrogens (tertiary/aromatic N) is 2. The van der Waals surface area contributed by atoms with Crippen LogP contribution in [-0.4, -0.2) is 51.2 Å². The molecule has 0 bridgehead atoms. The lowest BCUT2D eigenvalue weighted by Crippen LogP contribution is -2.43. The molecule has 0 saturated carbocycles. The minimum Gasteiger partial charge on any atom is -0.492 e. The van der Waals surface area contributed by atoms with Crippen LogP contribution < -0.4 is 15.4 Å². The van der Waals surface area contributed by atoms with Crippen LogP contribution >= 0.6 is 0 Å². The summed E-state index contributed by atoms with van der Waals surface area (Å²) in [6.07, 6.45) is 0. The van der Waals surface area contributed by atoms with Crippen molar-refractivity contribution in [1.29, 1.82) is 0 Å². The molecule has 23 heavy (non-hydrogen) atoms. The molecular formula is C18H32N4O. The van der Waals surface area contributed by atoms with E-state index in [1.165, 1.54) is 0 Å². The Kier molecular flexibility index (Phi) is 8.48. The molecule has 0 aliphatic heterocycles. The van der Waals surface area contributed by atoms with Crippen LogP contribution in [0.5, 0.6) is 5.75 Å². The molecule has 0 fully saturated rings. The van der Waals surface area contributed by atoms with Gasteiger partial charge < -0.3 is 20.3 Å². The first-order chi connectivity index (χ1) is 10.9. The fraction of sp³-hybridized carbons (Fsp3) is 0.611. The Bertz CT molecular complexity index is 486. The highest BCUT2D eigenvalue weighted by Gasteiger charge is 2.10. The molecular weight excluding hydrogens is 288 g/mol. The lowest BCUT2D eigenvalue weighted by atomic mass is 10.1. The van der Waals surface area contributed by atoms with Crippen molar-refractivity contribution in [2.45, 2.75) is 33.4 Å². The number of benzene rings is 1. The van der Waals surface area contributed by atoms with Crippen LogP contribution in [0, 0.1) is 5.92 Å². The number of rotatable bonds is 8. The van der Waals surface area contributed by atoms with E-state index in [9.17, 15) is 0 Å². The van der Waals surface area contributed by atoms with Gasteiger partial charge in [0.25, 0.3) is 0 Å². The molecule has 0 heterocycles. The van der Waals surface area contributed by atoms with Gasteiger partial charge in [-0.3, -0.25) is 4.99 Å². The number of aliphatic imine (C=N–C) groups is 1. The second-order valence-electron chi connectivity index (χ2n) is 6.36. The number of likely N-dealkylation sites (N-methyl/N-ethyl adjacent to an activating group) is 1. The Balaban J connectivity index is 2.59. The van der Waals surface area contributed by atoms with E-state index in [-0.39, 0.29) is 0 Å². The molecule has 1 aromatic rings. The van der Waals surface area contributed by atoms with Crippen LogP contribution in [-0.2, 0) is 6.54 Å². The fourth-order valence-corrected chi connectivity index (χ4v) is 1.88. The number of guanidine groups is 1. The maximum Gasteiger partial charge on any atom is 0.191 e. The van der Waals surface area contributed by atoms with Gasteiger partial charge in [0.15, 0.2) is 5.96 Å². The molecule has 5 nitrogen and oxygen atoms in total. The molecule has 0 amide bonds. The van der Waals surface area contributed by atoms with Gasteiger partial charge in [0.1, 0.15) is 12.4 Å². The number of hydrogen-bond donors (Lipinski definition) is 2. The lowest BCUT2D eigenvalue weighted by Gasteiger charge is -2.21. The predicted octanol–water partition coefficient (Wildman–Crippen LogP) is 2.34. The average Bonchev–Trinajstić information content (AvgIpc) is 2.51. The SMILES string of the molecule is CN=C(NCc1ccccc1OCCN(C)C)NC(C)C(C)C. The molecule has 1 unspecified atom stereocenters. The Morgan fingerprint density at radius 1 is 1.22 bits per heavy atom. The van der Waals surface area contributed by atoms with E-state index in [0.29, 0.717) is 25.1 Å². The van der Waals surface area contributed by atoms with Gasteiger partial charge in [-0.15, -0.1) is 0 Å². The first kappa shape index (κ1) is 19.3. The number of nitrogens with one attached hydrogen (secondary N) is 2. The van der Waals surface area contributed by atoms with Crippen molar-refractivity contribution in [3.8, 4) is 5.75 Å². The third-order valence-electron chi connectivity index (χ3n) is 3.80. The van der Waals surface area contributed by atoms with Crippen LogP contribution in [0.2, 0.25) is 0 Å². The van der Waals surface area contributed by atoms with Gasteiger partial charge in [-0.25, -0.2) is 0 Å². The summed E-state index contributed by atoms with van der Waals surface area (Å²) >= 11 is 0. The van der Waals surface area contributed by atoms with Gasteiger partial charge in [-0.1, -0.05) is 32.0 Å². The molecule has 5 heteroatoms. The average molecular weight is 320 g/mol. The minimum atomic E-state index is 0.368.